The molecule has 2 N–H and O–H groups in total. The Morgan fingerprint density at radius 1 is 0.966 bits per heavy atom. The Morgan fingerprint density at radius 2 is 1.76 bits per heavy atom. The van der Waals surface area contributed by atoms with Crippen LogP contribution in [-0.2, 0) is 13.2 Å². The van der Waals surface area contributed by atoms with Crippen molar-refractivity contribution in [2.24, 2.45) is 0 Å². The Hall–Kier alpha value is -3.51. The number of hydrogen-bond donors (Lipinski definition) is 2. The van der Waals surface area contributed by atoms with E-state index in [1.54, 1.807) is 18.2 Å². The Kier molecular flexibility index (Phi) is 5.35. The molecular formula is C22H17ClN2O4. The van der Waals surface area contributed by atoms with E-state index in [1.165, 1.54) is 6.07 Å². The molecule has 0 aliphatic carbocycles. The van der Waals surface area contributed by atoms with E-state index in [0.29, 0.717) is 16.6 Å². The van der Waals surface area contributed by atoms with E-state index in [0.717, 1.165) is 16.6 Å². The molecule has 4 aromatic rings. The number of halogens is 1. The monoisotopic (exact) mass is 408 g/mol. The van der Waals surface area contributed by atoms with Crippen molar-refractivity contribution in [3.05, 3.63) is 88.7 Å². The molecule has 3 aromatic carbocycles. The van der Waals surface area contributed by atoms with Gasteiger partial charge in [-0.3, -0.25) is 0 Å². The minimum Gasteiger partial charge on any atom is -0.485 e. The van der Waals surface area contributed by atoms with Crippen molar-refractivity contribution in [3.8, 4) is 11.5 Å². The second-order valence-corrected chi connectivity index (χ2v) is 6.71. The lowest BCUT2D eigenvalue weighted by Gasteiger charge is -2.15. The molecule has 6 nitrogen and oxygen atoms in total. The van der Waals surface area contributed by atoms with E-state index in [9.17, 15) is 9.90 Å². The van der Waals surface area contributed by atoms with Gasteiger partial charge in [-0.15, -0.1) is 0 Å². The summed E-state index contributed by atoms with van der Waals surface area (Å²) in [5.74, 6) is -0.0512. The first-order valence-corrected chi connectivity index (χ1v) is 9.28. The first kappa shape index (κ1) is 18.8. The Balaban J connectivity index is 1.58. The molecule has 1 heterocycles. The summed E-state index contributed by atoms with van der Waals surface area (Å²) in [5.41, 5.74) is 2.50. The second kappa shape index (κ2) is 8.24. The van der Waals surface area contributed by atoms with Gasteiger partial charge in [0.1, 0.15) is 24.6 Å². The van der Waals surface area contributed by atoms with Gasteiger partial charge in [-0.1, -0.05) is 48.0 Å². The Labute approximate surface area is 171 Å². The molecule has 0 saturated carbocycles. The van der Waals surface area contributed by atoms with Crippen molar-refractivity contribution in [3.63, 3.8) is 0 Å². The highest BCUT2D eigenvalue weighted by Gasteiger charge is 2.18. The third-order valence-corrected chi connectivity index (χ3v) is 4.71. The van der Waals surface area contributed by atoms with Crippen LogP contribution in [0.5, 0.6) is 11.5 Å². The van der Waals surface area contributed by atoms with E-state index in [1.807, 2.05) is 42.5 Å². The fraction of sp³-hybridized carbons (Fsp3) is 0.0909. The number of carboxylic acids is 1. The maximum absolute atomic E-state index is 11.7. The highest BCUT2D eigenvalue weighted by molar-refractivity contribution is 6.31. The van der Waals surface area contributed by atoms with Gasteiger partial charge in [0.15, 0.2) is 11.5 Å². The molecule has 146 valence electrons. The first-order valence-electron chi connectivity index (χ1n) is 8.91. The lowest BCUT2D eigenvalue weighted by molar-refractivity contribution is 0.0690. The number of nitrogens with one attached hydrogen (secondary N) is 1. The molecule has 0 atom stereocenters. The molecular weight excluding hydrogens is 392 g/mol. The van der Waals surface area contributed by atoms with Gasteiger partial charge in [0.2, 0.25) is 0 Å². The van der Waals surface area contributed by atoms with Crippen molar-refractivity contribution >= 4 is 28.6 Å². The lowest BCUT2D eigenvalue weighted by Crippen LogP contribution is -2.07. The third kappa shape index (κ3) is 4.17. The number of ether oxygens (including phenoxy) is 2. The molecule has 7 heteroatoms. The Morgan fingerprint density at radius 3 is 2.55 bits per heavy atom. The zero-order chi connectivity index (χ0) is 20.2. The fourth-order valence-corrected chi connectivity index (χ4v) is 3.12. The quantitative estimate of drug-likeness (QED) is 0.446. The number of para-hydroxylation sites is 3. The van der Waals surface area contributed by atoms with Crippen LogP contribution < -0.4 is 9.47 Å². The van der Waals surface area contributed by atoms with Gasteiger partial charge in [0.05, 0.1) is 11.0 Å². The molecule has 0 spiro atoms. The number of aromatic carboxylic acids is 1. The van der Waals surface area contributed by atoms with E-state index in [4.69, 9.17) is 21.1 Å². The molecule has 29 heavy (non-hydrogen) atoms. The number of carboxylic acid groups (broad SMARTS) is 1. The standard InChI is InChI=1S/C22H17ClN2O4/c23-16-8-2-1-6-14(16)12-28-19-11-5-7-15(22(26)27)21(19)29-13-20-24-17-9-3-4-10-18(17)25-20/h1-11H,12-13H2,(H,24,25)(H,26,27). The molecule has 0 radical (unpaired) electrons. The van der Waals surface area contributed by atoms with Crippen molar-refractivity contribution < 1.29 is 19.4 Å². The topological polar surface area (TPSA) is 84.4 Å². The average Bonchev–Trinajstić information content (AvgIpc) is 3.14. The number of imidazole rings is 1. The van der Waals surface area contributed by atoms with Gasteiger partial charge >= 0.3 is 5.97 Å². The normalized spacial score (nSPS) is 10.8. The summed E-state index contributed by atoms with van der Waals surface area (Å²) < 4.78 is 11.7. The van der Waals surface area contributed by atoms with Gasteiger partial charge in [0, 0.05) is 10.6 Å². The molecule has 1 aromatic heterocycles. The minimum atomic E-state index is -1.10. The molecule has 0 fully saturated rings. The number of H-pyrrole nitrogens is 1. The number of aromatic nitrogens is 2. The van der Waals surface area contributed by atoms with Crippen LogP contribution in [0, 0.1) is 0 Å². The summed E-state index contributed by atoms with van der Waals surface area (Å²) in [6, 6.07) is 19.7. The van der Waals surface area contributed by atoms with Crippen LogP contribution in [0.25, 0.3) is 11.0 Å². The summed E-state index contributed by atoms with van der Waals surface area (Å²) in [5, 5.41) is 10.1. The predicted molar refractivity (Wildman–Crippen MR) is 110 cm³/mol. The van der Waals surface area contributed by atoms with Crippen molar-refractivity contribution in [2.75, 3.05) is 0 Å². The highest BCUT2D eigenvalue weighted by Crippen LogP contribution is 2.33. The maximum Gasteiger partial charge on any atom is 0.339 e. The summed E-state index contributed by atoms with van der Waals surface area (Å²) in [4.78, 5) is 19.3. The summed E-state index contributed by atoms with van der Waals surface area (Å²) >= 11 is 6.17. The first-order chi connectivity index (χ1) is 14.1. The molecule has 0 amide bonds. The van der Waals surface area contributed by atoms with Crippen LogP contribution in [0.3, 0.4) is 0 Å². The minimum absolute atomic E-state index is 0.0118. The molecule has 0 aliphatic rings. The van der Waals surface area contributed by atoms with Crippen molar-refractivity contribution in [1.82, 2.24) is 9.97 Å². The molecule has 0 saturated heterocycles. The summed E-state index contributed by atoms with van der Waals surface area (Å²) in [6.45, 7) is 0.255. The number of benzene rings is 3. The maximum atomic E-state index is 11.7. The number of aromatic amines is 1. The van der Waals surface area contributed by atoms with Gasteiger partial charge in [-0.05, 0) is 30.3 Å². The SMILES string of the molecule is O=C(O)c1cccc(OCc2ccccc2Cl)c1OCc1nc2ccccc2[nH]1. The summed E-state index contributed by atoms with van der Waals surface area (Å²) in [6.07, 6.45) is 0. The fourth-order valence-electron chi connectivity index (χ4n) is 2.93. The summed E-state index contributed by atoms with van der Waals surface area (Å²) in [7, 11) is 0. The number of fused-ring (bicyclic) bond motifs is 1. The van der Waals surface area contributed by atoms with Crippen molar-refractivity contribution in [1.29, 1.82) is 0 Å². The van der Waals surface area contributed by atoms with Crippen LogP contribution in [0.1, 0.15) is 21.7 Å². The highest BCUT2D eigenvalue weighted by atomic mass is 35.5. The van der Waals surface area contributed by atoms with E-state index in [-0.39, 0.29) is 24.5 Å². The number of rotatable bonds is 7. The number of hydrogen-bond acceptors (Lipinski definition) is 4. The van der Waals surface area contributed by atoms with E-state index < -0.39 is 5.97 Å². The average molecular weight is 409 g/mol. The van der Waals surface area contributed by atoms with Crippen LogP contribution >= 0.6 is 11.6 Å². The molecule has 0 unspecified atom stereocenters. The number of carbonyl (C=O) groups is 1. The molecule has 0 bridgehead atoms. The van der Waals surface area contributed by atoms with Crippen LogP contribution in [-0.4, -0.2) is 21.0 Å². The van der Waals surface area contributed by atoms with Gasteiger partial charge in [-0.25, -0.2) is 9.78 Å². The largest absolute Gasteiger partial charge is 0.485 e. The zero-order valence-electron chi connectivity index (χ0n) is 15.3. The smallest absolute Gasteiger partial charge is 0.339 e. The molecule has 4 rings (SSSR count). The Bertz CT molecular complexity index is 1140. The third-order valence-electron chi connectivity index (χ3n) is 4.34. The second-order valence-electron chi connectivity index (χ2n) is 6.31. The predicted octanol–water partition coefficient (Wildman–Crippen LogP) is 5.07. The lowest BCUT2D eigenvalue weighted by atomic mass is 10.2. The van der Waals surface area contributed by atoms with E-state index >= 15 is 0 Å². The van der Waals surface area contributed by atoms with Crippen LogP contribution in [0.4, 0.5) is 0 Å². The van der Waals surface area contributed by atoms with Gasteiger partial charge < -0.3 is 19.6 Å². The zero-order valence-corrected chi connectivity index (χ0v) is 16.0. The number of nitrogens with zero attached hydrogens (tertiary/aromatic N) is 1. The van der Waals surface area contributed by atoms with Gasteiger partial charge in [0.25, 0.3) is 0 Å². The van der Waals surface area contributed by atoms with E-state index in [2.05, 4.69) is 9.97 Å². The van der Waals surface area contributed by atoms with Gasteiger partial charge in [-0.2, -0.15) is 0 Å². The van der Waals surface area contributed by atoms with Crippen LogP contribution in [0.15, 0.2) is 66.7 Å². The molecule has 0 aliphatic heterocycles. The van der Waals surface area contributed by atoms with Crippen LogP contribution in [0.2, 0.25) is 5.02 Å². The van der Waals surface area contributed by atoms with Crippen molar-refractivity contribution in [2.45, 2.75) is 13.2 Å².